The average molecular weight is 327 g/mol. The first-order valence-electron chi connectivity index (χ1n) is 5.29. The van der Waals surface area contributed by atoms with Crippen LogP contribution in [-0.2, 0) is 6.54 Å². The number of aryl methyl sites for hydroxylation is 1. The van der Waals surface area contributed by atoms with Crippen LogP contribution in [0.2, 0.25) is 0 Å². The second-order valence-corrected chi connectivity index (χ2v) is 5.97. The molecule has 1 aromatic heterocycles. The minimum Gasteiger partial charge on any atom is -0.380 e. The van der Waals surface area contributed by atoms with Gasteiger partial charge in [-0.25, -0.2) is 0 Å². The van der Waals surface area contributed by atoms with Crippen molar-refractivity contribution < 1.29 is 4.92 Å². The van der Waals surface area contributed by atoms with Gasteiger partial charge in [-0.05, 0) is 35.0 Å². The Labute approximate surface area is 117 Å². The number of anilines is 1. The molecule has 1 N–H and O–H groups in total. The number of nitro benzene ring substituents is 1. The quantitative estimate of drug-likeness (QED) is 0.671. The number of hydrogen-bond acceptors (Lipinski definition) is 4. The molecule has 1 heterocycles. The van der Waals surface area contributed by atoms with Gasteiger partial charge in [0, 0.05) is 38.6 Å². The van der Waals surface area contributed by atoms with Crippen LogP contribution < -0.4 is 5.32 Å². The van der Waals surface area contributed by atoms with Crippen LogP contribution in [0.25, 0.3) is 0 Å². The van der Waals surface area contributed by atoms with Gasteiger partial charge in [-0.15, -0.1) is 11.3 Å². The molecule has 0 fully saturated rings. The van der Waals surface area contributed by atoms with E-state index in [1.165, 1.54) is 21.9 Å². The van der Waals surface area contributed by atoms with Crippen molar-refractivity contribution in [1.82, 2.24) is 0 Å². The van der Waals surface area contributed by atoms with Crippen molar-refractivity contribution in [2.24, 2.45) is 0 Å². The van der Waals surface area contributed by atoms with Gasteiger partial charge in [0.15, 0.2) is 0 Å². The van der Waals surface area contributed by atoms with Gasteiger partial charge < -0.3 is 5.32 Å². The number of benzene rings is 1. The summed E-state index contributed by atoms with van der Waals surface area (Å²) < 4.78 is 1.10. The third kappa shape index (κ3) is 3.08. The van der Waals surface area contributed by atoms with Gasteiger partial charge in [0.05, 0.1) is 4.92 Å². The molecule has 94 valence electrons. The molecule has 18 heavy (non-hydrogen) atoms. The van der Waals surface area contributed by atoms with Gasteiger partial charge in [0.25, 0.3) is 5.69 Å². The van der Waals surface area contributed by atoms with E-state index in [0.29, 0.717) is 6.54 Å². The Hall–Kier alpha value is -1.40. The minimum absolute atomic E-state index is 0.101. The molecule has 0 aliphatic carbocycles. The van der Waals surface area contributed by atoms with Crippen molar-refractivity contribution in [2.45, 2.75) is 13.5 Å². The molecular weight excluding hydrogens is 316 g/mol. The largest absolute Gasteiger partial charge is 0.380 e. The van der Waals surface area contributed by atoms with Gasteiger partial charge >= 0.3 is 0 Å². The summed E-state index contributed by atoms with van der Waals surface area (Å²) in [7, 11) is 0. The number of nitro groups is 1. The smallest absolute Gasteiger partial charge is 0.271 e. The Bertz CT molecular complexity index is 564. The number of nitrogens with one attached hydrogen (secondary N) is 1. The second kappa shape index (κ2) is 5.49. The van der Waals surface area contributed by atoms with E-state index >= 15 is 0 Å². The molecule has 0 unspecified atom stereocenters. The van der Waals surface area contributed by atoms with Gasteiger partial charge in [-0.2, -0.15) is 0 Å². The summed E-state index contributed by atoms with van der Waals surface area (Å²) in [5.41, 5.74) is 0.856. The molecule has 0 aliphatic heterocycles. The number of rotatable bonds is 4. The molecule has 0 bridgehead atoms. The lowest BCUT2D eigenvalue weighted by Gasteiger charge is -2.04. The van der Waals surface area contributed by atoms with Gasteiger partial charge in [0.2, 0.25) is 0 Å². The fraction of sp³-hybridized carbons (Fsp3) is 0.167. The molecule has 2 aromatic rings. The minimum atomic E-state index is -0.392. The van der Waals surface area contributed by atoms with Crippen LogP contribution in [-0.4, -0.2) is 4.92 Å². The predicted molar refractivity (Wildman–Crippen MR) is 77.2 cm³/mol. The predicted octanol–water partition coefficient (Wildman–Crippen LogP) is 4.34. The highest BCUT2D eigenvalue weighted by atomic mass is 79.9. The number of hydrogen-bond donors (Lipinski definition) is 1. The van der Waals surface area contributed by atoms with E-state index in [0.717, 1.165) is 10.2 Å². The van der Waals surface area contributed by atoms with Crippen LogP contribution in [0, 0.1) is 17.0 Å². The first kappa shape index (κ1) is 13.0. The van der Waals surface area contributed by atoms with E-state index in [2.05, 4.69) is 27.3 Å². The summed E-state index contributed by atoms with van der Waals surface area (Å²) in [6, 6.07) is 8.58. The molecule has 0 amide bonds. The first-order chi connectivity index (χ1) is 8.56. The molecule has 0 spiro atoms. The maximum atomic E-state index is 10.6. The van der Waals surface area contributed by atoms with Gasteiger partial charge in [0.1, 0.15) is 0 Å². The number of nitrogens with zero attached hydrogens (tertiary/aromatic N) is 1. The summed E-state index contributed by atoms with van der Waals surface area (Å²) in [6.07, 6.45) is 0. The molecule has 0 aliphatic rings. The van der Waals surface area contributed by atoms with Crippen molar-refractivity contribution in [3.8, 4) is 0 Å². The normalized spacial score (nSPS) is 10.3. The van der Waals surface area contributed by atoms with Crippen LogP contribution in [0.4, 0.5) is 11.4 Å². The zero-order chi connectivity index (χ0) is 13.1. The summed E-state index contributed by atoms with van der Waals surface area (Å²) in [4.78, 5) is 12.7. The van der Waals surface area contributed by atoms with Crippen LogP contribution in [0.3, 0.4) is 0 Å². The molecular formula is C12H11BrN2O2S. The van der Waals surface area contributed by atoms with Crippen LogP contribution in [0.1, 0.15) is 9.75 Å². The zero-order valence-electron chi connectivity index (χ0n) is 9.64. The molecule has 0 radical (unpaired) electrons. The summed E-state index contributed by atoms with van der Waals surface area (Å²) in [6.45, 7) is 2.71. The number of non-ortho nitro benzene ring substituents is 1. The molecule has 4 nitrogen and oxygen atoms in total. The fourth-order valence-electron chi connectivity index (χ4n) is 1.52. The fourth-order valence-corrected chi connectivity index (χ4v) is 3.07. The lowest BCUT2D eigenvalue weighted by molar-refractivity contribution is -0.384. The summed E-state index contributed by atoms with van der Waals surface area (Å²) >= 11 is 5.17. The maximum Gasteiger partial charge on any atom is 0.271 e. The van der Waals surface area contributed by atoms with E-state index in [4.69, 9.17) is 0 Å². The molecule has 0 saturated heterocycles. The average Bonchev–Trinajstić information content (AvgIpc) is 2.67. The van der Waals surface area contributed by atoms with Crippen LogP contribution in [0.5, 0.6) is 0 Å². The Kier molecular flexibility index (Phi) is 3.98. The van der Waals surface area contributed by atoms with E-state index in [-0.39, 0.29) is 5.69 Å². The monoisotopic (exact) mass is 326 g/mol. The maximum absolute atomic E-state index is 10.6. The van der Waals surface area contributed by atoms with E-state index < -0.39 is 4.92 Å². The standard InChI is InChI=1S/C12H11BrN2O2S/c1-8-12(13)6-11(18-8)7-14-9-3-2-4-10(5-9)15(16)17/h2-6,14H,7H2,1H3. The number of thiophene rings is 1. The van der Waals surface area contributed by atoms with Crippen LogP contribution in [0.15, 0.2) is 34.8 Å². The highest BCUT2D eigenvalue weighted by molar-refractivity contribution is 9.10. The summed E-state index contributed by atoms with van der Waals surface area (Å²) in [5, 5.41) is 13.8. The van der Waals surface area contributed by atoms with E-state index in [1.807, 2.05) is 13.0 Å². The first-order valence-corrected chi connectivity index (χ1v) is 6.90. The van der Waals surface area contributed by atoms with Crippen molar-refractivity contribution in [3.05, 3.63) is 54.7 Å². The molecule has 2 rings (SSSR count). The topological polar surface area (TPSA) is 55.2 Å². The van der Waals surface area contributed by atoms with Gasteiger partial charge in [-0.1, -0.05) is 6.07 Å². The zero-order valence-corrected chi connectivity index (χ0v) is 12.0. The van der Waals surface area contributed by atoms with Crippen molar-refractivity contribution in [3.63, 3.8) is 0 Å². The van der Waals surface area contributed by atoms with Crippen molar-refractivity contribution in [1.29, 1.82) is 0 Å². The Morgan fingerprint density at radius 3 is 2.83 bits per heavy atom. The Morgan fingerprint density at radius 1 is 1.44 bits per heavy atom. The van der Waals surface area contributed by atoms with Gasteiger partial charge in [-0.3, -0.25) is 10.1 Å². The number of halogens is 1. The SMILES string of the molecule is Cc1sc(CNc2cccc([N+](=O)[O-])c2)cc1Br. The lowest BCUT2D eigenvalue weighted by atomic mass is 10.3. The van der Waals surface area contributed by atoms with E-state index in [1.54, 1.807) is 17.4 Å². The molecule has 1 aromatic carbocycles. The summed E-state index contributed by atoms with van der Waals surface area (Å²) in [5.74, 6) is 0. The van der Waals surface area contributed by atoms with E-state index in [9.17, 15) is 10.1 Å². The highest BCUT2D eigenvalue weighted by Crippen LogP contribution is 2.27. The third-order valence-corrected chi connectivity index (χ3v) is 4.57. The highest BCUT2D eigenvalue weighted by Gasteiger charge is 2.06. The molecule has 0 atom stereocenters. The Balaban J connectivity index is 2.06. The second-order valence-electron chi connectivity index (χ2n) is 3.78. The third-order valence-electron chi connectivity index (χ3n) is 2.43. The van der Waals surface area contributed by atoms with Crippen molar-refractivity contribution in [2.75, 3.05) is 5.32 Å². The van der Waals surface area contributed by atoms with Crippen molar-refractivity contribution >= 4 is 38.6 Å². The molecule has 0 saturated carbocycles. The lowest BCUT2D eigenvalue weighted by Crippen LogP contribution is -1.98. The molecule has 6 heteroatoms. The Morgan fingerprint density at radius 2 is 2.22 bits per heavy atom. The van der Waals surface area contributed by atoms with Crippen LogP contribution >= 0.6 is 27.3 Å².